The van der Waals surface area contributed by atoms with E-state index in [4.69, 9.17) is 0 Å². The summed E-state index contributed by atoms with van der Waals surface area (Å²) in [4.78, 5) is 3.78. The number of unbranched alkanes of at least 4 members (excludes halogenated alkanes) is 14. The average molecular weight is 398 g/mol. The predicted octanol–water partition coefficient (Wildman–Crippen LogP) is 8.33. The van der Waals surface area contributed by atoms with E-state index >= 15 is 0 Å². The largest absolute Gasteiger partial charge is 0.265 e. The SMILES string of the molecule is CCCCCCCCCCCCCCCCCBr.c1ccncc1. The second-order valence-electron chi connectivity index (χ2n) is 6.66. The second-order valence-corrected chi connectivity index (χ2v) is 7.46. The van der Waals surface area contributed by atoms with Crippen molar-refractivity contribution in [2.45, 2.75) is 103 Å². The Morgan fingerprint density at radius 3 is 1.17 bits per heavy atom. The molecule has 0 radical (unpaired) electrons. The van der Waals surface area contributed by atoms with Crippen LogP contribution in [0, 0.1) is 0 Å². The van der Waals surface area contributed by atoms with Gasteiger partial charge in [0, 0.05) is 17.7 Å². The minimum absolute atomic E-state index is 1.19. The Kier molecular flexibility index (Phi) is 22.3. The first-order valence-electron chi connectivity index (χ1n) is 10.3. The van der Waals surface area contributed by atoms with Gasteiger partial charge in [-0.15, -0.1) is 0 Å². The van der Waals surface area contributed by atoms with Crippen LogP contribution in [0.3, 0.4) is 0 Å². The van der Waals surface area contributed by atoms with Crippen LogP contribution in [-0.4, -0.2) is 10.3 Å². The van der Waals surface area contributed by atoms with Crippen LogP contribution in [-0.2, 0) is 0 Å². The van der Waals surface area contributed by atoms with Crippen LogP contribution >= 0.6 is 15.9 Å². The lowest BCUT2D eigenvalue weighted by atomic mass is 10.0. The van der Waals surface area contributed by atoms with Crippen molar-refractivity contribution in [1.29, 1.82) is 0 Å². The van der Waals surface area contributed by atoms with E-state index in [1.54, 1.807) is 12.4 Å². The van der Waals surface area contributed by atoms with Crippen molar-refractivity contribution >= 4 is 15.9 Å². The van der Waals surface area contributed by atoms with E-state index in [0.717, 1.165) is 0 Å². The smallest absolute Gasteiger partial charge is 0.0267 e. The highest BCUT2D eigenvalue weighted by Gasteiger charge is 1.93. The zero-order chi connectivity index (χ0) is 17.6. The van der Waals surface area contributed by atoms with E-state index in [0.29, 0.717) is 0 Å². The lowest BCUT2D eigenvalue weighted by Crippen LogP contribution is -1.83. The van der Waals surface area contributed by atoms with Crippen molar-refractivity contribution in [3.63, 3.8) is 0 Å². The Morgan fingerprint density at radius 2 is 0.917 bits per heavy atom. The number of alkyl halides is 1. The highest BCUT2D eigenvalue weighted by atomic mass is 79.9. The first kappa shape index (κ1) is 23.6. The van der Waals surface area contributed by atoms with Gasteiger partial charge in [0.2, 0.25) is 0 Å². The number of pyridine rings is 1. The van der Waals surface area contributed by atoms with Crippen molar-refractivity contribution < 1.29 is 0 Å². The molecule has 0 aliphatic heterocycles. The number of hydrogen-bond donors (Lipinski definition) is 0. The maximum atomic E-state index is 3.78. The van der Waals surface area contributed by atoms with Gasteiger partial charge in [0.25, 0.3) is 0 Å². The Balaban J connectivity index is 0.000000728. The van der Waals surface area contributed by atoms with Crippen LogP contribution in [0.5, 0.6) is 0 Å². The molecule has 24 heavy (non-hydrogen) atoms. The van der Waals surface area contributed by atoms with Gasteiger partial charge in [-0.3, -0.25) is 4.98 Å². The number of halogens is 1. The number of hydrogen-bond acceptors (Lipinski definition) is 1. The van der Waals surface area contributed by atoms with Gasteiger partial charge in [-0.25, -0.2) is 0 Å². The van der Waals surface area contributed by atoms with Crippen LogP contribution in [0.2, 0.25) is 0 Å². The molecule has 1 rings (SSSR count). The molecule has 1 aromatic rings. The first-order valence-corrected chi connectivity index (χ1v) is 11.4. The van der Waals surface area contributed by atoms with E-state index in [1.165, 1.54) is 102 Å². The summed E-state index contributed by atoms with van der Waals surface area (Å²) in [6, 6.07) is 5.72. The molecule has 0 aromatic carbocycles. The maximum Gasteiger partial charge on any atom is 0.0267 e. The van der Waals surface area contributed by atoms with Crippen LogP contribution < -0.4 is 0 Å². The van der Waals surface area contributed by atoms with Crippen LogP contribution in [0.15, 0.2) is 30.6 Å². The topological polar surface area (TPSA) is 12.9 Å². The standard InChI is InChI=1S/C17H35Br.C5H5N/c1-2-3-4-5-6-7-8-9-10-11-12-13-14-15-16-17-18;1-2-4-6-5-3-1/h2-17H2,1H3;1-5H. The summed E-state index contributed by atoms with van der Waals surface area (Å²) in [6.45, 7) is 2.29. The third-order valence-electron chi connectivity index (χ3n) is 4.30. The van der Waals surface area contributed by atoms with Crippen molar-refractivity contribution in [3.8, 4) is 0 Å². The van der Waals surface area contributed by atoms with Gasteiger partial charge in [0.05, 0.1) is 0 Å². The van der Waals surface area contributed by atoms with Crippen molar-refractivity contribution in [3.05, 3.63) is 30.6 Å². The monoisotopic (exact) mass is 397 g/mol. The first-order chi connectivity index (χ1) is 11.9. The quantitative estimate of drug-likeness (QED) is 0.214. The molecule has 0 N–H and O–H groups in total. The molecule has 0 unspecified atom stereocenters. The molecular formula is C22H40BrN. The molecule has 2 heteroatoms. The van der Waals surface area contributed by atoms with Crippen LogP contribution in [0.4, 0.5) is 0 Å². The Labute approximate surface area is 160 Å². The summed E-state index contributed by atoms with van der Waals surface area (Å²) in [5, 5.41) is 1.19. The molecule has 1 aromatic heterocycles. The summed E-state index contributed by atoms with van der Waals surface area (Å²) >= 11 is 3.49. The highest BCUT2D eigenvalue weighted by Crippen LogP contribution is 2.13. The molecule has 0 atom stereocenters. The van der Waals surface area contributed by atoms with Gasteiger partial charge in [0.1, 0.15) is 0 Å². The molecule has 1 nitrogen and oxygen atoms in total. The minimum Gasteiger partial charge on any atom is -0.265 e. The summed E-state index contributed by atoms with van der Waals surface area (Å²) in [5.41, 5.74) is 0. The van der Waals surface area contributed by atoms with Crippen molar-refractivity contribution in [2.75, 3.05) is 5.33 Å². The molecule has 0 amide bonds. The predicted molar refractivity (Wildman–Crippen MR) is 113 cm³/mol. The molecule has 0 aliphatic rings. The molecule has 1 heterocycles. The van der Waals surface area contributed by atoms with Gasteiger partial charge in [-0.2, -0.15) is 0 Å². The number of rotatable bonds is 15. The van der Waals surface area contributed by atoms with Crippen LogP contribution in [0.1, 0.15) is 103 Å². The molecule has 0 fully saturated rings. The Bertz CT molecular complexity index is 259. The molecule has 0 saturated carbocycles. The summed E-state index contributed by atoms with van der Waals surface area (Å²) < 4.78 is 0. The van der Waals surface area contributed by atoms with E-state index in [-0.39, 0.29) is 0 Å². The summed E-state index contributed by atoms with van der Waals surface area (Å²) in [6.07, 6.45) is 25.3. The van der Waals surface area contributed by atoms with Gasteiger partial charge >= 0.3 is 0 Å². The minimum atomic E-state index is 1.19. The maximum absolute atomic E-state index is 3.78. The van der Waals surface area contributed by atoms with Gasteiger partial charge in [0.15, 0.2) is 0 Å². The fourth-order valence-electron chi connectivity index (χ4n) is 2.78. The number of nitrogens with zero attached hydrogens (tertiary/aromatic N) is 1. The zero-order valence-electron chi connectivity index (χ0n) is 16.0. The fourth-order valence-corrected chi connectivity index (χ4v) is 3.17. The van der Waals surface area contributed by atoms with E-state index in [2.05, 4.69) is 27.8 Å². The summed E-state index contributed by atoms with van der Waals surface area (Å²) in [7, 11) is 0. The molecule has 0 bridgehead atoms. The molecule has 0 spiro atoms. The highest BCUT2D eigenvalue weighted by molar-refractivity contribution is 9.09. The summed E-state index contributed by atoms with van der Waals surface area (Å²) in [5.74, 6) is 0. The van der Waals surface area contributed by atoms with E-state index in [9.17, 15) is 0 Å². The van der Waals surface area contributed by atoms with E-state index in [1.807, 2.05) is 18.2 Å². The van der Waals surface area contributed by atoms with Gasteiger partial charge in [-0.05, 0) is 18.6 Å². The second kappa shape index (κ2) is 22.6. The van der Waals surface area contributed by atoms with Crippen LogP contribution in [0.25, 0.3) is 0 Å². The van der Waals surface area contributed by atoms with Crippen molar-refractivity contribution in [2.24, 2.45) is 0 Å². The third kappa shape index (κ3) is 21.6. The van der Waals surface area contributed by atoms with Gasteiger partial charge < -0.3 is 0 Å². The van der Waals surface area contributed by atoms with E-state index < -0.39 is 0 Å². The third-order valence-corrected chi connectivity index (χ3v) is 4.86. The average Bonchev–Trinajstić information content (AvgIpc) is 2.64. The lowest BCUT2D eigenvalue weighted by molar-refractivity contribution is 0.535. The Hall–Kier alpha value is -0.370. The molecule has 140 valence electrons. The molecule has 0 aliphatic carbocycles. The fraction of sp³-hybridized carbons (Fsp3) is 0.773. The molecule has 0 saturated heterocycles. The normalized spacial score (nSPS) is 10.2. The van der Waals surface area contributed by atoms with Crippen molar-refractivity contribution in [1.82, 2.24) is 4.98 Å². The number of aromatic nitrogens is 1. The van der Waals surface area contributed by atoms with Gasteiger partial charge in [-0.1, -0.05) is 119 Å². The lowest BCUT2D eigenvalue weighted by Gasteiger charge is -2.02. The molecular weight excluding hydrogens is 358 g/mol. The Morgan fingerprint density at radius 1 is 0.542 bits per heavy atom. The zero-order valence-corrected chi connectivity index (χ0v) is 17.6.